The summed E-state index contributed by atoms with van der Waals surface area (Å²) >= 11 is 1.61. The summed E-state index contributed by atoms with van der Waals surface area (Å²) in [5.41, 5.74) is 2.30. The second kappa shape index (κ2) is 6.27. The van der Waals surface area contributed by atoms with Crippen molar-refractivity contribution in [3.63, 3.8) is 0 Å². The van der Waals surface area contributed by atoms with E-state index in [0.717, 1.165) is 5.56 Å². The highest BCUT2D eigenvalue weighted by Crippen LogP contribution is 2.13. The number of hydrogen-bond acceptors (Lipinski definition) is 3. The van der Waals surface area contributed by atoms with Crippen LogP contribution < -0.4 is 5.32 Å². The van der Waals surface area contributed by atoms with Gasteiger partial charge in [-0.15, -0.1) is 0 Å². The van der Waals surface area contributed by atoms with Crippen LogP contribution in [0.2, 0.25) is 0 Å². The Morgan fingerprint density at radius 3 is 2.69 bits per heavy atom. The van der Waals surface area contributed by atoms with Crippen LogP contribution in [0.5, 0.6) is 0 Å². The highest BCUT2D eigenvalue weighted by atomic mass is 32.1. The molecule has 0 radical (unpaired) electrons. The molecule has 0 aliphatic heterocycles. The number of carboxylic acid groups (broad SMARTS) is 1. The SMILES string of the molecule is Cc1cscc1CNC(=O)CCCC(=O)O. The summed E-state index contributed by atoms with van der Waals surface area (Å²) < 4.78 is 0. The number of aliphatic carboxylic acids is 1. The Hall–Kier alpha value is -1.36. The van der Waals surface area contributed by atoms with Crippen molar-refractivity contribution in [3.05, 3.63) is 21.9 Å². The zero-order valence-corrected chi connectivity index (χ0v) is 9.97. The lowest BCUT2D eigenvalue weighted by atomic mass is 10.2. The molecule has 0 fully saturated rings. The van der Waals surface area contributed by atoms with Gasteiger partial charge in [-0.2, -0.15) is 11.3 Å². The molecular formula is C11H15NO3S. The van der Waals surface area contributed by atoms with E-state index < -0.39 is 5.97 Å². The fourth-order valence-electron chi connectivity index (χ4n) is 1.25. The molecule has 0 saturated heterocycles. The average Bonchev–Trinajstić information content (AvgIpc) is 2.60. The van der Waals surface area contributed by atoms with Crippen LogP contribution in [0.4, 0.5) is 0 Å². The van der Waals surface area contributed by atoms with Crippen LogP contribution in [-0.2, 0) is 16.1 Å². The van der Waals surface area contributed by atoms with Gasteiger partial charge in [-0.05, 0) is 35.2 Å². The van der Waals surface area contributed by atoms with Gasteiger partial charge in [-0.3, -0.25) is 9.59 Å². The number of carbonyl (C=O) groups is 2. The van der Waals surface area contributed by atoms with Gasteiger partial charge in [-0.1, -0.05) is 0 Å². The summed E-state index contributed by atoms with van der Waals surface area (Å²) in [5.74, 6) is -0.951. The first-order valence-corrected chi connectivity index (χ1v) is 6.04. The lowest BCUT2D eigenvalue weighted by Crippen LogP contribution is -2.22. The van der Waals surface area contributed by atoms with E-state index in [2.05, 4.69) is 5.32 Å². The van der Waals surface area contributed by atoms with Crippen LogP contribution >= 0.6 is 11.3 Å². The van der Waals surface area contributed by atoms with Crippen LogP contribution in [0.1, 0.15) is 30.4 Å². The largest absolute Gasteiger partial charge is 0.481 e. The van der Waals surface area contributed by atoms with Crippen molar-refractivity contribution in [2.75, 3.05) is 0 Å². The lowest BCUT2D eigenvalue weighted by molar-refractivity contribution is -0.137. The predicted octanol–water partition coefficient (Wildman–Crippen LogP) is 1.93. The second-order valence-electron chi connectivity index (χ2n) is 3.60. The molecule has 0 aromatic carbocycles. The summed E-state index contributed by atoms with van der Waals surface area (Å²) in [5, 5.41) is 15.2. The highest BCUT2D eigenvalue weighted by molar-refractivity contribution is 7.08. The second-order valence-corrected chi connectivity index (χ2v) is 4.35. The first-order chi connectivity index (χ1) is 7.59. The third-order valence-corrected chi connectivity index (χ3v) is 3.14. The maximum absolute atomic E-state index is 11.3. The van der Waals surface area contributed by atoms with Crippen LogP contribution in [0.25, 0.3) is 0 Å². The topological polar surface area (TPSA) is 66.4 Å². The van der Waals surface area contributed by atoms with E-state index in [-0.39, 0.29) is 18.7 Å². The zero-order valence-electron chi connectivity index (χ0n) is 9.16. The van der Waals surface area contributed by atoms with Gasteiger partial charge < -0.3 is 10.4 Å². The standard InChI is InChI=1S/C11H15NO3S/c1-8-6-16-7-9(8)5-12-10(13)3-2-4-11(14)15/h6-7H,2-5H2,1H3,(H,12,13)(H,14,15). The molecule has 1 aromatic rings. The van der Waals surface area contributed by atoms with Gasteiger partial charge in [0.25, 0.3) is 0 Å². The molecule has 0 aliphatic rings. The van der Waals surface area contributed by atoms with Gasteiger partial charge in [0.1, 0.15) is 0 Å². The number of amides is 1. The third-order valence-electron chi connectivity index (χ3n) is 2.23. The Labute approximate surface area is 98.3 Å². The minimum atomic E-state index is -0.860. The Bertz CT molecular complexity index is 373. The maximum atomic E-state index is 11.3. The smallest absolute Gasteiger partial charge is 0.303 e. The minimum Gasteiger partial charge on any atom is -0.481 e. The summed E-state index contributed by atoms with van der Waals surface area (Å²) in [7, 11) is 0. The Morgan fingerprint density at radius 2 is 2.12 bits per heavy atom. The van der Waals surface area contributed by atoms with Crippen molar-refractivity contribution < 1.29 is 14.7 Å². The molecule has 16 heavy (non-hydrogen) atoms. The van der Waals surface area contributed by atoms with E-state index in [0.29, 0.717) is 13.0 Å². The van der Waals surface area contributed by atoms with E-state index in [1.807, 2.05) is 17.7 Å². The van der Waals surface area contributed by atoms with E-state index in [1.54, 1.807) is 11.3 Å². The average molecular weight is 241 g/mol. The number of rotatable bonds is 6. The third kappa shape index (κ3) is 4.44. The van der Waals surface area contributed by atoms with Crippen molar-refractivity contribution in [2.24, 2.45) is 0 Å². The zero-order chi connectivity index (χ0) is 12.0. The summed E-state index contributed by atoms with van der Waals surface area (Å²) in [6.07, 6.45) is 0.712. The number of aryl methyl sites for hydroxylation is 1. The van der Waals surface area contributed by atoms with Gasteiger partial charge in [0.15, 0.2) is 0 Å². The molecule has 4 nitrogen and oxygen atoms in total. The highest BCUT2D eigenvalue weighted by Gasteiger charge is 2.05. The van der Waals surface area contributed by atoms with Crippen molar-refractivity contribution in [3.8, 4) is 0 Å². The van der Waals surface area contributed by atoms with Crippen LogP contribution in [0.15, 0.2) is 10.8 Å². The molecule has 1 amide bonds. The molecule has 0 atom stereocenters. The van der Waals surface area contributed by atoms with Crippen molar-refractivity contribution in [2.45, 2.75) is 32.7 Å². The molecule has 1 aromatic heterocycles. The fourth-order valence-corrected chi connectivity index (χ4v) is 2.11. The molecule has 2 N–H and O–H groups in total. The van der Waals surface area contributed by atoms with Gasteiger partial charge in [0.05, 0.1) is 0 Å². The Morgan fingerprint density at radius 1 is 1.38 bits per heavy atom. The van der Waals surface area contributed by atoms with Crippen molar-refractivity contribution in [1.82, 2.24) is 5.32 Å². The molecule has 0 aliphatic carbocycles. The van der Waals surface area contributed by atoms with E-state index in [4.69, 9.17) is 5.11 Å². The van der Waals surface area contributed by atoms with Gasteiger partial charge in [-0.25, -0.2) is 0 Å². The van der Waals surface area contributed by atoms with E-state index in [9.17, 15) is 9.59 Å². The van der Waals surface area contributed by atoms with Crippen LogP contribution in [0, 0.1) is 6.92 Å². The Kier molecular flexibility index (Phi) is 4.98. The lowest BCUT2D eigenvalue weighted by Gasteiger charge is -2.04. The molecule has 0 unspecified atom stereocenters. The number of carbonyl (C=O) groups excluding carboxylic acids is 1. The molecule has 0 spiro atoms. The summed E-state index contributed by atoms with van der Waals surface area (Å²) in [4.78, 5) is 21.6. The minimum absolute atomic E-state index is 0.0465. The number of nitrogens with one attached hydrogen (secondary N) is 1. The van der Waals surface area contributed by atoms with Gasteiger partial charge >= 0.3 is 5.97 Å². The summed E-state index contributed by atoms with van der Waals surface area (Å²) in [6.45, 7) is 2.53. The molecule has 0 bridgehead atoms. The molecule has 5 heteroatoms. The van der Waals surface area contributed by atoms with E-state index >= 15 is 0 Å². The van der Waals surface area contributed by atoms with Crippen LogP contribution in [-0.4, -0.2) is 17.0 Å². The molecule has 1 rings (SSSR count). The quantitative estimate of drug-likeness (QED) is 0.799. The molecular weight excluding hydrogens is 226 g/mol. The normalized spacial score (nSPS) is 10.1. The molecule has 0 saturated carbocycles. The maximum Gasteiger partial charge on any atom is 0.303 e. The van der Waals surface area contributed by atoms with Gasteiger partial charge in [0, 0.05) is 19.4 Å². The van der Waals surface area contributed by atoms with Crippen molar-refractivity contribution >= 4 is 23.2 Å². The fraction of sp³-hybridized carbons (Fsp3) is 0.455. The molecule has 1 heterocycles. The summed E-state index contributed by atoms with van der Waals surface area (Å²) in [6, 6.07) is 0. The first-order valence-electron chi connectivity index (χ1n) is 5.09. The van der Waals surface area contributed by atoms with E-state index in [1.165, 1.54) is 5.56 Å². The predicted molar refractivity (Wildman–Crippen MR) is 62.4 cm³/mol. The van der Waals surface area contributed by atoms with Crippen LogP contribution in [0.3, 0.4) is 0 Å². The van der Waals surface area contributed by atoms with Gasteiger partial charge in [0.2, 0.25) is 5.91 Å². The Balaban J connectivity index is 2.20. The first kappa shape index (κ1) is 12.7. The number of hydrogen-bond donors (Lipinski definition) is 2. The number of carboxylic acids is 1. The number of thiophene rings is 1. The van der Waals surface area contributed by atoms with Crippen molar-refractivity contribution in [1.29, 1.82) is 0 Å². The monoisotopic (exact) mass is 241 g/mol. The molecule has 88 valence electrons.